The molecular formula is C19H19NO6. The average molecular weight is 357 g/mol. The van der Waals surface area contributed by atoms with E-state index >= 15 is 0 Å². The van der Waals surface area contributed by atoms with Crippen LogP contribution in [-0.2, 0) is 4.79 Å². The Morgan fingerprint density at radius 3 is 2.46 bits per heavy atom. The minimum absolute atomic E-state index is 0.113. The lowest BCUT2D eigenvalue weighted by atomic mass is 10.1. The largest absolute Gasteiger partial charge is 0.493 e. The smallest absolute Gasteiger partial charge is 0.336 e. The fraction of sp³-hybridized carbons (Fsp3) is 0.211. The number of carbonyl (C=O) groups is 3. The number of rotatable bonds is 6. The Labute approximate surface area is 150 Å². The van der Waals surface area contributed by atoms with Crippen molar-refractivity contribution in [2.45, 2.75) is 20.3 Å². The second-order valence-electron chi connectivity index (χ2n) is 5.43. The van der Waals surface area contributed by atoms with Gasteiger partial charge >= 0.3 is 11.9 Å². The van der Waals surface area contributed by atoms with E-state index in [9.17, 15) is 14.4 Å². The van der Waals surface area contributed by atoms with Crippen molar-refractivity contribution in [2.75, 3.05) is 12.4 Å². The van der Waals surface area contributed by atoms with E-state index in [0.29, 0.717) is 11.3 Å². The van der Waals surface area contributed by atoms with Crippen LogP contribution in [0.25, 0.3) is 0 Å². The molecule has 26 heavy (non-hydrogen) atoms. The topological polar surface area (TPSA) is 102 Å². The van der Waals surface area contributed by atoms with Crippen molar-refractivity contribution in [1.29, 1.82) is 0 Å². The predicted octanol–water partition coefficient (Wildman–Crippen LogP) is 3.27. The van der Waals surface area contributed by atoms with Gasteiger partial charge in [-0.15, -0.1) is 0 Å². The van der Waals surface area contributed by atoms with Gasteiger partial charge in [-0.05, 0) is 42.8 Å². The normalized spacial score (nSPS) is 10.1. The van der Waals surface area contributed by atoms with E-state index in [1.807, 2.05) is 0 Å². The van der Waals surface area contributed by atoms with Crippen LogP contribution in [-0.4, -0.2) is 30.1 Å². The summed E-state index contributed by atoms with van der Waals surface area (Å²) in [5, 5.41) is 11.8. The number of amides is 1. The third kappa shape index (κ3) is 4.18. The van der Waals surface area contributed by atoms with Gasteiger partial charge in [0.1, 0.15) is 0 Å². The molecule has 0 aliphatic heterocycles. The first-order valence-electron chi connectivity index (χ1n) is 7.90. The quantitative estimate of drug-likeness (QED) is 0.608. The summed E-state index contributed by atoms with van der Waals surface area (Å²) in [6.45, 7) is 3.29. The fourth-order valence-electron chi connectivity index (χ4n) is 2.29. The lowest BCUT2D eigenvalue weighted by Gasteiger charge is -2.12. The van der Waals surface area contributed by atoms with Crippen LogP contribution < -0.4 is 14.8 Å². The van der Waals surface area contributed by atoms with E-state index < -0.39 is 17.8 Å². The van der Waals surface area contributed by atoms with E-state index in [1.54, 1.807) is 26.0 Å². The van der Waals surface area contributed by atoms with Crippen LogP contribution in [0.15, 0.2) is 36.4 Å². The van der Waals surface area contributed by atoms with Crippen LogP contribution in [0, 0.1) is 6.92 Å². The van der Waals surface area contributed by atoms with Crippen LogP contribution in [0.5, 0.6) is 11.5 Å². The molecule has 0 atom stereocenters. The van der Waals surface area contributed by atoms with Gasteiger partial charge in [0.15, 0.2) is 11.5 Å². The molecule has 0 radical (unpaired) electrons. The molecule has 0 heterocycles. The predicted molar refractivity (Wildman–Crippen MR) is 95.0 cm³/mol. The van der Waals surface area contributed by atoms with Crippen molar-refractivity contribution >= 4 is 23.5 Å². The van der Waals surface area contributed by atoms with E-state index in [1.165, 1.54) is 31.4 Å². The molecule has 1 amide bonds. The van der Waals surface area contributed by atoms with Crippen molar-refractivity contribution in [2.24, 2.45) is 0 Å². The van der Waals surface area contributed by atoms with Gasteiger partial charge in [-0.2, -0.15) is 0 Å². The molecule has 0 fully saturated rings. The molecule has 7 nitrogen and oxygen atoms in total. The first-order chi connectivity index (χ1) is 12.4. The Hall–Kier alpha value is -3.35. The van der Waals surface area contributed by atoms with Crippen LogP contribution in [0.1, 0.15) is 39.6 Å². The van der Waals surface area contributed by atoms with Gasteiger partial charge in [0.2, 0.25) is 0 Å². The minimum atomic E-state index is -1.07. The SMILES string of the molecule is CCC(=O)Oc1ccc(C(=O)Nc2cccc(C(=O)O)c2C)cc1OC. The lowest BCUT2D eigenvalue weighted by molar-refractivity contribution is -0.134. The number of nitrogens with one attached hydrogen (secondary N) is 1. The summed E-state index contributed by atoms with van der Waals surface area (Å²) in [4.78, 5) is 35.1. The molecule has 0 aliphatic carbocycles. The molecule has 2 aromatic carbocycles. The lowest BCUT2D eigenvalue weighted by Crippen LogP contribution is -2.14. The summed E-state index contributed by atoms with van der Waals surface area (Å²) in [5.41, 5.74) is 1.24. The van der Waals surface area contributed by atoms with Crippen molar-refractivity contribution in [3.63, 3.8) is 0 Å². The van der Waals surface area contributed by atoms with Crippen molar-refractivity contribution in [1.82, 2.24) is 0 Å². The Bertz CT molecular complexity index is 859. The monoisotopic (exact) mass is 357 g/mol. The van der Waals surface area contributed by atoms with Gasteiger partial charge < -0.3 is 19.9 Å². The van der Waals surface area contributed by atoms with Crippen LogP contribution in [0.3, 0.4) is 0 Å². The first kappa shape index (κ1) is 19.0. The average Bonchev–Trinajstić information content (AvgIpc) is 2.63. The zero-order chi connectivity index (χ0) is 19.3. The minimum Gasteiger partial charge on any atom is -0.493 e. The number of aromatic carboxylic acids is 1. The molecule has 2 rings (SSSR count). The number of anilines is 1. The molecule has 0 saturated carbocycles. The van der Waals surface area contributed by atoms with Gasteiger partial charge in [0, 0.05) is 17.7 Å². The number of ether oxygens (including phenoxy) is 2. The van der Waals surface area contributed by atoms with Crippen molar-refractivity contribution in [3.05, 3.63) is 53.1 Å². The highest BCUT2D eigenvalue weighted by atomic mass is 16.6. The summed E-state index contributed by atoms with van der Waals surface area (Å²) < 4.78 is 10.3. The Balaban J connectivity index is 2.26. The van der Waals surface area contributed by atoms with E-state index in [0.717, 1.165) is 0 Å². The maximum absolute atomic E-state index is 12.5. The van der Waals surface area contributed by atoms with Gasteiger partial charge in [-0.1, -0.05) is 13.0 Å². The zero-order valence-corrected chi connectivity index (χ0v) is 14.7. The van der Waals surface area contributed by atoms with E-state index in [-0.39, 0.29) is 29.0 Å². The van der Waals surface area contributed by atoms with Crippen LogP contribution in [0.2, 0.25) is 0 Å². The Morgan fingerprint density at radius 1 is 1.12 bits per heavy atom. The highest BCUT2D eigenvalue weighted by molar-refractivity contribution is 6.06. The molecule has 0 unspecified atom stereocenters. The van der Waals surface area contributed by atoms with E-state index in [2.05, 4.69) is 5.32 Å². The molecule has 2 aromatic rings. The first-order valence-corrected chi connectivity index (χ1v) is 7.90. The summed E-state index contributed by atoms with van der Waals surface area (Å²) in [6.07, 6.45) is 0.213. The molecule has 0 spiro atoms. The summed E-state index contributed by atoms with van der Waals surface area (Å²) >= 11 is 0. The molecular weight excluding hydrogens is 338 g/mol. The summed E-state index contributed by atoms with van der Waals surface area (Å²) in [7, 11) is 1.40. The Kier molecular flexibility index (Phi) is 5.95. The second kappa shape index (κ2) is 8.15. The van der Waals surface area contributed by atoms with E-state index in [4.69, 9.17) is 14.6 Å². The van der Waals surface area contributed by atoms with Gasteiger partial charge in [-0.25, -0.2) is 4.79 Å². The molecule has 0 saturated heterocycles. The Morgan fingerprint density at radius 2 is 1.85 bits per heavy atom. The third-order valence-electron chi connectivity index (χ3n) is 3.75. The third-order valence-corrected chi connectivity index (χ3v) is 3.75. The number of carbonyl (C=O) groups excluding carboxylic acids is 2. The molecule has 0 aromatic heterocycles. The molecule has 0 aliphatic rings. The van der Waals surface area contributed by atoms with Gasteiger partial charge in [-0.3, -0.25) is 9.59 Å². The number of benzene rings is 2. The fourth-order valence-corrected chi connectivity index (χ4v) is 2.29. The van der Waals surface area contributed by atoms with Crippen molar-refractivity contribution < 1.29 is 29.0 Å². The number of esters is 1. The standard InChI is InChI=1S/C19H19NO6/c1-4-17(21)26-15-9-8-12(10-16(15)25-3)18(22)20-14-7-5-6-13(11(14)2)19(23)24/h5-10H,4H2,1-3H3,(H,20,22)(H,23,24). The number of hydrogen-bond acceptors (Lipinski definition) is 5. The number of carboxylic acids is 1. The highest BCUT2D eigenvalue weighted by Gasteiger charge is 2.16. The second-order valence-corrected chi connectivity index (χ2v) is 5.43. The number of methoxy groups -OCH3 is 1. The van der Waals surface area contributed by atoms with Crippen molar-refractivity contribution in [3.8, 4) is 11.5 Å². The molecule has 2 N–H and O–H groups in total. The van der Waals surface area contributed by atoms with Gasteiger partial charge in [0.05, 0.1) is 12.7 Å². The maximum Gasteiger partial charge on any atom is 0.336 e. The zero-order valence-electron chi connectivity index (χ0n) is 14.7. The van der Waals surface area contributed by atoms with Crippen LogP contribution >= 0.6 is 0 Å². The number of carboxylic acid groups (broad SMARTS) is 1. The molecule has 136 valence electrons. The highest BCUT2D eigenvalue weighted by Crippen LogP contribution is 2.29. The van der Waals surface area contributed by atoms with Crippen LogP contribution in [0.4, 0.5) is 5.69 Å². The number of hydrogen-bond donors (Lipinski definition) is 2. The van der Waals surface area contributed by atoms with Gasteiger partial charge in [0.25, 0.3) is 5.91 Å². The summed E-state index contributed by atoms with van der Waals surface area (Å²) in [5.74, 6) is -1.46. The molecule has 7 heteroatoms. The summed E-state index contributed by atoms with van der Waals surface area (Å²) in [6, 6.07) is 9.06. The maximum atomic E-state index is 12.5. The molecule has 0 bridgehead atoms.